The molecule has 0 bridgehead atoms. The van der Waals surface area contributed by atoms with E-state index < -0.39 is 23.5 Å². The van der Waals surface area contributed by atoms with Gasteiger partial charge in [0.1, 0.15) is 17.1 Å². The lowest BCUT2D eigenvalue weighted by molar-refractivity contribution is -0.137. The number of piperazine rings is 1. The largest absolute Gasteiger partial charge is 0.491 e. The van der Waals surface area contributed by atoms with Crippen LogP contribution in [0.3, 0.4) is 0 Å². The van der Waals surface area contributed by atoms with Crippen molar-refractivity contribution in [2.75, 3.05) is 47.6 Å². The lowest BCUT2D eigenvalue weighted by Gasteiger charge is -2.38. The van der Waals surface area contributed by atoms with Crippen molar-refractivity contribution in [3.63, 3.8) is 0 Å². The van der Waals surface area contributed by atoms with Crippen LogP contribution >= 0.6 is 0 Å². The first-order valence-corrected chi connectivity index (χ1v) is 12.4. The maximum Gasteiger partial charge on any atom is 0.421 e. The molecule has 1 fully saturated rings. The molecule has 1 atom stereocenters. The number of nitrogens with one attached hydrogen (secondary N) is 3. The van der Waals surface area contributed by atoms with Crippen molar-refractivity contribution in [2.24, 2.45) is 0 Å². The minimum Gasteiger partial charge on any atom is -0.491 e. The molecule has 0 spiro atoms. The van der Waals surface area contributed by atoms with E-state index in [0.29, 0.717) is 48.6 Å². The highest BCUT2D eigenvalue weighted by Gasteiger charge is 2.36. The molecule has 0 aliphatic carbocycles. The number of hydrogen-bond acceptors (Lipinski definition) is 8. The highest BCUT2D eigenvalue weighted by Crippen LogP contribution is 2.39. The molecule has 208 valence electrons. The van der Waals surface area contributed by atoms with Gasteiger partial charge in [-0.05, 0) is 43.5 Å². The topological polar surface area (TPSA) is 112 Å². The normalized spacial score (nSPS) is 17.1. The highest BCUT2D eigenvalue weighted by molar-refractivity contribution is 5.99. The summed E-state index contributed by atoms with van der Waals surface area (Å²) in [7, 11) is 1.90. The van der Waals surface area contributed by atoms with Gasteiger partial charge in [-0.25, -0.2) is 4.98 Å². The van der Waals surface area contributed by atoms with Gasteiger partial charge in [0, 0.05) is 42.3 Å². The Hall–Kier alpha value is -4.65. The molecule has 3 heterocycles. The summed E-state index contributed by atoms with van der Waals surface area (Å²) in [4.78, 5) is 36.1. The minimum absolute atomic E-state index is 0.0122. The van der Waals surface area contributed by atoms with Crippen LogP contribution in [-0.4, -0.2) is 59.5 Å². The third kappa shape index (κ3) is 5.83. The number of rotatable bonds is 6. The number of amides is 2. The van der Waals surface area contributed by atoms with Gasteiger partial charge in [0.15, 0.2) is 0 Å². The van der Waals surface area contributed by atoms with Crippen molar-refractivity contribution < 1.29 is 27.5 Å². The van der Waals surface area contributed by atoms with Gasteiger partial charge in [-0.3, -0.25) is 14.5 Å². The number of fused-ring (bicyclic) bond motifs is 3. The van der Waals surface area contributed by atoms with E-state index >= 15 is 0 Å². The summed E-state index contributed by atoms with van der Waals surface area (Å²) in [5, 5.41) is 8.15. The number of likely N-dealkylation sites (N-methyl/N-ethyl adjacent to an activating group) is 1. The molecule has 2 aliphatic rings. The van der Waals surface area contributed by atoms with E-state index in [0.717, 1.165) is 12.6 Å². The van der Waals surface area contributed by atoms with Gasteiger partial charge in [0.05, 0.1) is 24.9 Å². The summed E-state index contributed by atoms with van der Waals surface area (Å²) in [5.74, 6) is -0.572. The maximum absolute atomic E-state index is 13.8. The molecule has 0 unspecified atom stereocenters. The Kier molecular flexibility index (Phi) is 7.30. The zero-order chi connectivity index (χ0) is 28.4. The van der Waals surface area contributed by atoms with Crippen LogP contribution in [0.5, 0.6) is 5.75 Å². The predicted octanol–water partition coefficient (Wildman–Crippen LogP) is 4.54. The standard InChI is InChI=1S/C27H26F3N7O3/c1-3-23(38)32-16-5-4-6-17(11-16)33-25-20(27(28,29)30)13-31-26(35-25)34-18-7-8-21-22(12-18)40-10-9-19-14-36(2)15-24(39)37(19)21/h3-8,11-13,19H,1,9-10,14-15H2,2H3,(H,32,38)(H2,31,33,34,35)/t19-/m1/s1. The lowest BCUT2D eigenvalue weighted by Crippen LogP contribution is -2.55. The average molecular weight is 554 g/mol. The van der Waals surface area contributed by atoms with Crippen molar-refractivity contribution in [3.05, 3.63) is 66.9 Å². The number of benzene rings is 2. The van der Waals surface area contributed by atoms with Gasteiger partial charge >= 0.3 is 6.18 Å². The van der Waals surface area contributed by atoms with Gasteiger partial charge < -0.3 is 25.6 Å². The first kappa shape index (κ1) is 26.9. The number of ether oxygens (including phenoxy) is 1. The van der Waals surface area contributed by atoms with Crippen molar-refractivity contribution >= 4 is 46.3 Å². The summed E-state index contributed by atoms with van der Waals surface area (Å²) >= 11 is 0. The van der Waals surface area contributed by atoms with E-state index in [1.165, 1.54) is 12.1 Å². The summed E-state index contributed by atoms with van der Waals surface area (Å²) in [6.07, 6.45) is -2.28. The highest BCUT2D eigenvalue weighted by atomic mass is 19.4. The minimum atomic E-state index is -4.72. The number of halogens is 3. The van der Waals surface area contributed by atoms with E-state index in [1.54, 1.807) is 35.2 Å². The third-order valence-electron chi connectivity index (χ3n) is 6.42. The van der Waals surface area contributed by atoms with Crippen LogP contribution in [0.4, 0.5) is 47.7 Å². The molecule has 13 heteroatoms. The Bertz CT molecular complexity index is 1460. The van der Waals surface area contributed by atoms with E-state index in [2.05, 4.69) is 32.5 Å². The van der Waals surface area contributed by atoms with Crippen LogP contribution in [0.2, 0.25) is 0 Å². The van der Waals surface area contributed by atoms with Gasteiger partial charge in [0.2, 0.25) is 17.8 Å². The Balaban J connectivity index is 1.41. The number of aromatic nitrogens is 2. The SMILES string of the molecule is C=CC(=O)Nc1cccc(Nc2nc(Nc3ccc4c(c3)OCC[C@@H]3CN(C)CC(=O)N43)ncc2C(F)(F)F)c1. The van der Waals surface area contributed by atoms with Crippen molar-refractivity contribution in [3.8, 4) is 5.75 Å². The molecule has 5 rings (SSSR count). The zero-order valence-corrected chi connectivity index (χ0v) is 21.5. The van der Waals surface area contributed by atoms with Crippen LogP contribution in [0.1, 0.15) is 12.0 Å². The van der Waals surface area contributed by atoms with Gasteiger partial charge in [-0.15, -0.1) is 0 Å². The Labute approximate surface area is 227 Å². The molecule has 40 heavy (non-hydrogen) atoms. The first-order chi connectivity index (χ1) is 19.1. The number of nitrogens with zero attached hydrogens (tertiary/aromatic N) is 4. The second kappa shape index (κ2) is 10.8. The van der Waals surface area contributed by atoms with E-state index in [9.17, 15) is 22.8 Å². The number of carbonyl (C=O) groups excluding carboxylic acids is 2. The Morgan fingerprint density at radius 2 is 1.93 bits per heavy atom. The molecule has 1 saturated heterocycles. The second-order valence-corrected chi connectivity index (χ2v) is 9.41. The van der Waals surface area contributed by atoms with Crippen LogP contribution < -0.4 is 25.6 Å². The van der Waals surface area contributed by atoms with Crippen molar-refractivity contribution in [1.82, 2.24) is 14.9 Å². The van der Waals surface area contributed by atoms with Gasteiger partial charge in [-0.2, -0.15) is 18.2 Å². The molecular weight excluding hydrogens is 527 g/mol. The van der Waals surface area contributed by atoms with Crippen molar-refractivity contribution in [2.45, 2.75) is 18.6 Å². The first-order valence-electron chi connectivity index (χ1n) is 12.4. The summed E-state index contributed by atoms with van der Waals surface area (Å²) < 4.78 is 47.2. The summed E-state index contributed by atoms with van der Waals surface area (Å²) in [6.45, 7) is 4.82. The number of anilines is 6. The Morgan fingerprint density at radius 3 is 2.70 bits per heavy atom. The number of alkyl halides is 3. The molecule has 0 saturated carbocycles. The molecule has 10 nitrogen and oxygen atoms in total. The Morgan fingerprint density at radius 1 is 1.15 bits per heavy atom. The average Bonchev–Trinajstić information content (AvgIpc) is 3.07. The smallest absolute Gasteiger partial charge is 0.421 e. The molecule has 2 amide bonds. The van der Waals surface area contributed by atoms with Crippen LogP contribution in [-0.2, 0) is 15.8 Å². The van der Waals surface area contributed by atoms with E-state index in [-0.39, 0.29) is 23.6 Å². The van der Waals surface area contributed by atoms with Gasteiger partial charge in [0.25, 0.3) is 0 Å². The molecule has 2 aromatic carbocycles. The lowest BCUT2D eigenvalue weighted by atomic mass is 10.1. The molecule has 1 aromatic heterocycles. The quantitative estimate of drug-likeness (QED) is 0.382. The summed E-state index contributed by atoms with van der Waals surface area (Å²) in [5.41, 5.74) is 0.677. The maximum atomic E-state index is 13.8. The molecular formula is C27H26F3N7O3. The van der Waals surface area contributed by atoms with Crippen LogP contribution in [0.15, 0.2) is 61.3 Å². The van der Waals surface area contributed by atoms with Crippen LogP contribution in [0, 0.1) is 0 Å². The van der Waals surface area contributed by atoms with Crippen LogP contribution in [0.25, 0.3) is 0 Å². The number of carbonyl (C=O) groups is 2. The molecule has 3 aromatic rings. The molecule has 0 radical (unpaired) electrons. The van der Waals surface area contributed by atoms with E-state index in [1.807, 2.05) is 11.9 Å². The number of hydrogen-bond donors (Lipinski definition) is 3. The predicted molar refractivity (Wildman–Crippen MR) is 144 cm³/mol. The summed E-state index contributed by atoms with van der Waals surface area (Å²) in [6, 6.07) is 11.2. The molecule has 2 aliphatic heterocycles. The van der Waals surface area contributed by atoms with Crippen molar-refractivity contribution in [1.29, 1.82) is 0 Å². The fourth-order valence-corrected chi connectivity index (χ4v) is 4.66. The van der Waals surface area contributed by atoms with Gasteiger partial charge in [-0.1, -0.05) is 12.6 Å². The zero-order valence-electron chi connectivity index (χ0n) is 21.5. The fourth-order valence-electron chi connectivity index (χ4n) is 4.66. The monoisotopic (exact) mass is 553 g/mol. The second-order valence-electron chi connectivity index (χ2n) is 9.41. The third-order valence-corrected chi connectivity index (χ3v) is 6.42. The fraction of sp³-hybridized carbons (Fsp3) is 0.259. The molecule has 3 N–H and O–H groups in total. The van der Waals surface area contributed by atoms with E-state index in [4.69, 9.17) is 4.74 Å².